The second-order valence-electron chi connectivity index (χ2n) is 4.75. The zero-order valence-corrected chi connectivity index (χ0v) is 11.7. The molecule has 1 aromatic rings. The molecule has 0 aliphatic carbocycles. The number of carboxylic acid groups (broad SMARTS) is 1. The number of nitrogens with zero attached hydrogens (tertiary/aromatic N) is 1. The van der Waals surface area contributed by atoms with Crippen molar-refractivity contribution in [3.8, 4) is 0 Å². The first-order valence-electron chi connectivity index (χ1n) is 6.74. The highest BCUT2D eigenvalue weighted by molar-refractivity contribution is 5.70. The summed E-state index contributed by atoms with van der Waals surface area (Å²) in [6, 6.07) is 9.84. The Bertz CT molecular complexity index is 367. The van der Waals surface area contributed by atoms with Crippen LogP contribution in [-0.2, 0) is 16.2 Å². The summed E-state index contributed by atoms with van der Waals surface area (Å²) < 4.78 is 0. The molecule has 1 aromatic carbocycles. The van der Waals surface area contributed by atoms with E-state index in [4.69, 9.17) is 9.94 Å². The minimum absolute atomic E-state index is 0.360. The standard InChI is InChI=1S/C15H23NO3/c1-3-4-10-14(15(17)18)11-16(2)19-12-13-8-6-5-7-9-13/h5-9,14H,3-4,10-12H2,1-2H3,(H,17,18)/t14-/m1/s1. The summed E-state index contributed by atoms with van der Waals surface area (Å²) >= 11 is 0. The van der Waals surface area contributed by atoms with Gasteiger partial charge in [0.2, 0.25) is 0 Å². The van der Waals surface area contributed by atoms with Crippen molar-refractivity contribution in [2.24, 2.45) is 5.92 Å². The first-order valence-corrected chi connectivity index (χ1v) is 6.74. The van der Waals surface area contributed by atoms with Crippen molar-refractivity contribution in [2.75, 3.05) is 13.6 Å². The molecule has 19 heavy (non-hydrogen) atoms. The lowest BCUT2D eigenvalue weighted by Crippen LogP contribution is -2.30. The number of carbonyl (C=O) groups is 1. The molecule has 0 bridgehead atoms. The molecule has 4 heteroatoms. The Morgan fingerprint density at radius 2 is 2.05 bits per heavy atom. The van der Waals surface area contributed by atoms with Crippen LogP contribution in [0.25, 0.3) is 0 Å². The van der Waals surface area contributed by atoms with Crippen LogP contribution in [0.5, 0.6) is 0 Å². The van der Waals surface area contributed by atoms with Gasteiger partial charge in [-0.3, -0.25) is 9.63 Å². The van der Waals surface area contributed by atoms with Gasteiger partial charge in [0.05, 0.1) is 12.5 Å². The van der Waals surface area contributed by atoms with Crippen molar-refractivity contribution in [3.63, 3.8) is 0 Å². The molecule has 0 heterocycles. The summed E-state index contributed by atoms with van der Waals surface area (Å²) in [6.45, 7) is 2.95. The van der Waals surface area contributed by atoms with E-state index < -0.39 is 5.97 Å². The van der Waals surface area contributed by atoms with Gasteiger partial charge in [0.25, 0.3) is 0 Å². The molecule has 1 rings (SSSR count). The summed E-state index contributed by atoms with van der Waals surface area (Å²) in [5.74, 6) is -1.11. The molecule has 0 unspecified atom stereocenters. The molecule has 4 nitrogen and oxygen atoms in total. The average Bonchev–Trinajstić information content (AvgIpc) is 2.42. The van der Waals surface area contributed by atoms with Crippen molar-refractivity contribution in [2.45, 2.75) is 32.8 Å². The number of rotatable bonds is 9. The van der Waals surface area contributed by atoms with Crippen molar-refractivity contribution < 1.29 is 14.7 Å². The van der Waals surface area contributed by atoms with Crippen LogP contribution in [0.3, 0.4) is 0 Å². The van der Waals surface area contributed by atoms with Gasteiger partial charge in [0.1, 0.15) is 0 Å². The van der Waals surface area contributed by atoms with Crippen molar-refractivity contribution in [1.29, 1.82) is 0 Å². The van der Waals surface area contributed by atoms with Gasteiger partial charge in [-0.1, -0.05) is 50.1 Å². The monoisotopic (exact) mass is 265 g/mol. The predicted molar refractivity (Wildman–Crippen MR) is 74.5 cm³/mol. The first kappa shape index (κ1) is 15.7. The topological polar surface area (TPSA) is 49.8 Å². The van der Waals surface area contributed by atoms with Crippen LogP contribution < -0.4 is 0 Å². The first-order chi connectivity index (χ1) is 9.13. The largest absolute Gasteiger partial charge is 0.481 e. The lowest BCUT2D eigenvalue weighted by Gasteiger charge is -2.21. The number of hydrogen-bond donors (Lipinski definition) is 1. The van der Waals surface area contributed by atoms with Gasteiger partial charge >= 0.3 is 5.97 Å². The number of carboxylic acids is 1. The van der Waals surface area contributed by atoms with Crippen LogP contribution in [0, 0.1) is 5.92 Å². The summed E-state index contributed by atoms with van der Waals surface area (Å²) in [5.41, 5.74) is 1.08. The maximum atomic E-state index is 11.1. The molecule has 1 atom stereocenters. The van der Waals surface area contributed by atoms with E-state index in [1.807, 2.05) is 30.3 Å². The minimum Gasteiger partial charge on any atom is -0.481 e. The second kappa shape index (κ2) is 8.67. The Kier molecular flexibility index (Phi) is 7.15. The quantitative estimate of drug-likeness (QED) is 0.697. The highest BCUT2D eigenvalue weighted by atomic mass is 16.7. The van der Waals surface area contributed by atoms with E-state index in [-0.39, 0.29) is 5.92 Å². The summed E-state index contributed by atoms with van der Waals surface area (Å²) in [5, 5.41) is 10.8. The van der Waals surface area contributed by atoms with E-state index in [9.17, 15) is 4.79 Å². The van der Waals surface area contributed by atoms with Crippen molar-refractivity contribution in [1.82, 2.24) is 5.06 Å². The molecule has 0 saturated carbocycles. The minimum atomic E-state index is -0.747. The SMILES string of the molecule is CCCC[C@H](CN(C)OCc1ccccc1)C(=O)O. The second-order valence-corrected chi connectivity index (χ2v) is 4.75. The lowest BCUT2D eigenvalue weighted by atomic mass is 10.0. The molecule has 0 aliphatic rings. The molecule has 0 radical (unpaired) electrons. The fourth-order valence-corrected chi connectivity index (χ4v) is 1.87. The molecule has 0 aliphatic heterocycles. The Hall–Kier alpha value is -1.39. The number of benzene rings is 1. The maximum absolute atomic E-state index is 11.1. The van der Waals surface area contributed by atoms with Gasteiger partial charge in [-0.05, 0) is 12.0 Å². The van der Waals surface area contributed by atoms with Gasteiger partial charge in [-0.25, -0.2) is 0 Å². The number of aliphatic carboxylic acids is 1. The van der Waals surface area contributed by atoms with Gasteiger partial charge in [-0.15, -0.1) is 0 Å². The van der Waals surface area contributed by atoms with Crippen LogP contribution in [0.2, 0.25) is 0 Å². The molecule has 106 valence electrons. The average molecular weight is 265 g/mol. The summed E-state index contributed by atoms with van der Waals surface area (Å²) in [4.78, 5) is 16.7. The smallest absolute Gasteiger partial charge is 0.307 e. The predicted octanol–water partition coefficient (Wildman–Crippen LogP) is 2.94. The molecular weight excluding hydrogens is 242 g/mol. The molecular formula is C15H23NO3. The molecule has 1 N–H and O–H groups in total. The van der Waals surface area contributed by atoms with E-state index in [1.165, 1.54) is 0 Å². The Labute approximate surface area is 114 Å². The van der Waals surface area contributed by atoms with E-state index >= 15 is 0 Å². The van der Waals surface area contributed by atoms with Crippen LogP contribution in [-0.4, -0.2) is 29.7 Å². The van der Waals surface area contributed by atoms with E-state index in [0.29, 0.717) is 19.6 Å². The highest BCUT2D eigenvalue weighted by Crippen LogP contribution is 2.11. The third-order valence-corrected chi connectivity index (χ3v) is 3.03. The zero-order valence-electron chi connectivity index (χ0n) is 11.7. The van der Waals surface area contributed by atoms with Gasteiger partial charge in [-0.2, -0.15) is 5.06 Å². The van der Waals surface area contributed by atoms with Gasteiger partial charge < -0.3 is 5.11 Å². The molecule has 0 amide bonds. The van der Waals surface area contributed by atoms with Gasteiger partial charge in [0.15, 0.2) is 0 Å². The summed E-state index contributed by atoms with van der Waals surface area (Å²) in [6.07, 6.45) is 2.65. The van der Waals surface area contributed by atoms with E-state index in [2.05, 4.69) is 6.92 Å². The fourth-order valence-electron chi connectivity index (χ4n) is 1.87. The normalized spacial score (nSPS) is 12.6. The van der Waals surface area contributed by atoms with Crippen LogP contribution >= 0.6 is 0 Å². The molecule has 0 spiro atoms. The maximum Gasteiger partial charge on any atom is 0.307 e. The number of hydroxylamine groups is 2. The Balaban J connectivity index is 2.35. The van der Waals surface area contributed by atoms with E-state index in [1.54, 1.807) is 12.1 Å². The van der Waals surface area contributed by atoms with E-state index in [0.717, 1.165) is 18.4 Å². The molecule has 0 aromatic heterocycles. The number of unbranched alkanes of at least 4 members (excludes halogenated alkanes) is 1. The van der Waals surface area contributed by atoms with Crippen LogP contribution in [0.15, 0.2) is 30.3 Å². The van der Waals surface area contributed by atoms with Crippen LogP contribution in [0.1, 0.15) is 31.7 Å². The Morgan fingerprint density at radius 3 is 2.63 bits per heavy atom. The number of hydrogen-bond acceptors (Lipinski definition) is 3. The summed E-state index contributed by atoms with van der Waals surface area (Å²) in [7, 11) is 1.78. The van der Waals surface area contributed by atoms with Crippen LogP contribution in [0.4, 0.5) is 0 Å². The Morgan fingerprint density at radius 1 is 1.37 bits per heavy atom. The molecule has 0 saturated heterocycles. The lowest BCUT2D eigenvalue weighted by molar-refractivity contribution is -0.169. The van der Waals surface area contributed by atoms with Crippen molar-refractivity contribution in [3.05, 3.63) is 35.9 Å². The van der Waals surface area contributed by atoms with Crippen molar-refractivity contribution >= 4 is 5.97 Å². The zero-order chi connectivity index (χ0) is 14.1. The molecule has 0 fully saturated rings. The highest BCUT2D eigenvalue weighted by Gasteiger charge is 2.19. The third kappa shape index (κ3) is 6.36. The third-order valence-electron chi connectivity index (χ3n) is 3.03. The van der Waals surface area contributed by atoms with Gasteiger partial charge in [0, 0.05) is 13.6 Å². The fraction of sp³-hybridized carbons (Fsp3) is 0.533.